The van der Waals surface area contributed by atoms with Gasteiger partial charge in [-0.25, -0.2) is 4.99 Å². The van der Waals surface area contributed by atoms with E-state index in [2.05, 4.69) is 4.99 Å². The molecular weight excluding hydrogens is 360 g/mol. The SMILES string of the molecule is COc1ccc2c(c1)N(C1=CCC=CC=C1)C(=O)C2=Nc1cccc(Cl)c1. The van der Waals surface area contributed by atoms with Crippen LogP contribution in [0.15, 0.2) is 83.5 Å². The van der Waals surface area contributed by atoms with Gasteiger partial charge in [0.05, 0.1) is 18.5 Å². The van der Waals surface area contributed by atoms with Crippen molar-refractivity contribution in [3.05, 3.63) is 89.1 Å². The highest BCUT2D eigenvalue weighted by molar-refractivity contribution is 6.55. The van der Waals surface area contributed by atoms with Crippen LogP contribution in [0.2, 0.25) is 5.02 Å². The van der Waals surface area contributed by atoms with Crippen molar-refractivity contribution in [1.82, 2.24) is 0 Å². The number of hydrogen-bond acceptors (Lipinski definition) is 3. The molecule has 0 aromatic heterocycles. The summed E-state index contributed by atoms with van der Waals surface area (Å²) in [6.07, 6.45) is 10.6. The van der Waals surface area contributed by atoms with Crippen LogP contribution < -0.4 is 9.64 Å². The Hall–Kier alpha value is -3.11. The Kier molecular flexibility index (Phi) is 4.65. The number of methoxy groups -OCH3 is 1. The minimum absolute atomic E-state index is 0.170. The van der Waals surface area contributed by atoms with E-state index in [1.165, 1.54) is 0 Å². The normalized spacial score (nSPS) is 17.1. The van der Waals surface area contributed by atoms with Crippen molar-refractivity contribution in [2.75, 3.05) is 12.0 Å². The third-order valence-electron chi connectivity index (χ3n) is 4.39. The Morgan fingerprint density at radius 1 is 1.15 bits per heavy atom. The maximum absolute atomic E-state index is 13.3. The third-order valence-corrected chi connectivity index (χ3v) is 4.63. The summed E-state index contributed by atoms with van der Waals surface area (Å²) in [6, 6.07) is 12.7. The zero-order chi connectivity index (χ0) is 18.8. The lowest BCUT2D eigenvalue weighted by atomic mass is 10.1. The maximum Gasteiger partial charge on any atom is 0.282 e. The highest BCUT2D eigenvalue weighted by Crippen LogP contribution is 2.37. The molecule has 4 rings (SSSR count). The van der Waals surface area contributed by atoms with Gasteiger partial charge >= 0.3 is 0 Å². The molecule has 1 aliphatic heterocycles. The number of benzene rings is 2. The Morgan fingerprint density at radius 2 is 2.04 bits per heavy atom. The first-order chi connectivity index (χ1) is 13.2. The minimum Gasteiger partial charge on any atom is -0.497 e. The number of fused-ring (bicyclic) bond motifs is 1. The molecule has 5 heteroatoms. The fraction of sp³-hybridized carbons (Fsp3) is 0.0909. The van der Waals surface area contributed by atoms with E-state index in [0.717, 1.165) is 23.4 Å². The summed E-state index contributed by atoms with van der Waals surface area (Å²) in [5.74, 6) is 0.517. The molecule has 0 saturated heterocycles. The second kappa shape index (κ2) is 7.25. The number of rotatable bonds is 3. The maximum atomic E-state index is 13.3. The Balaban J connectivity index is 1.86. The van der Waals surface area contributed by atoms with Gasteiger partial charge in [0.1, 0.15) is 11.5 Å². The number of carbonyl (C=O) groups excluding carboxylic acids is 1. The zero-order valence-corrected chi connectivity index (χ0v) is 15.5. The number of anilines is 1. The van der Waals surface area contributed by atoms with Crippen LogP contribution in [0.25, 0.3) is 0 Å². The van der Waals surface area contributed by atoms with Crippen molar-refractivity contribution in [1.29, 1.82) is 0 Å². The standard InChI is InChI=1S/C22H17ClN2O2/c1-27-18-11-12-19-20(14-18)25(17-9-4-2-3-5-10-17)22(26)21(19)24-16-8-6-7-15(23)13-16/h2-4,6-14H,5H2,1H3. The van der Waals surface area contributed by atoms with Gasteiger partial charge in [0.15, 0.2) is 0 Å². The van der Waals surface area contributed by atoms with E-state index in [1.807, 2.05) is 60.7 Å². The molecule has 134 valence electrons. The van der Waals surface area contributed by atoms with E-state index < -0.39 is 0 Å². The van der Waals surface area contributed by atoms with Crippen molar-refractivity contribution >= 4 is 34.6 Å². The molecule has 0 radical (unpaired) electrons. The van der Waals surface area contributed by atoms with Crippen molar-refractivity contribution in [2.24, 2.45) is 4.99 Å². The average Bonchev–Trinajstić information content (AvgIpc) is 2.84. The summed E-state index contributed by atoms with van der Waals surface area (Å²) in [7, 11) is 1.61. The van der Waals surface area contributed by atoms with E-state index in [9.17, 15) is 4.79 Å². The number of amides is 1. The zero-order valence-electron chi connectivity index (χ0n) is 14.7. The number of aliphatic imine (C=N–C) groups is 1. The summed E-state index contributed by atoms with van der Waals surface area (Å²) >= 11 is 6.07. The van der Waals surface area contributed by atoms with Crippen LogP contribution in [0.1, 0.15) is 12.0 Å². The second-order valence-electron chi connectivity index (χ2n) is 6.12. The molecule has 2 aromatic carbocycles. The van der Waals surface area contributed by atoms with Gasteiger partial charge in [0.2, 0.25) is 0 Å². The summed E-state index contributed by atoms with van der Waals surface area (Å²) in [4.78, 5) is 19.6. The minimum atomic E-state index is -0.170. The number of nitrogens with zero attached hydrogens (tertiary/aromatic N) is 2. The Morgan fingerprint density at radius 3 is 2.85 bits per heavy atom. The molecular formula is C22H17ClN2O2. The van der Waals surface area contributed by atoms with E-state index in [4.69, 9.17) is 16.3 Å². The molecule has 4 nitrogen and oxygen atoms in total. The van der Waals surface area contributed by atoms with Gasteiger partial charge in [-0.05, 0) is 42.8 Å². The predicted octanol–water partition coefficient (Wildman–Crippen LogP) is 5.22. The van der Waals surface area contributed by atoms with Gasteiger partial charge in [-0.1, -0.05) is 42.0 Å². The molecule has 27 heavy (non-hydrogen) atoms. The molecule has 2 aromatic rings. The van der Waals surface area contributed by atoms with Crippen molar-refractivity contribution < 1.29 is 9.53 Å². The van der Waals surface area contributed by atoms with Gasteiger partial charge < -0.3 is 4.74 Å². The second-order valence-corrected chi connectivity index (χ2v) is 6.55. The molecule has 0 atom stereocenters. The third kappa shape index (κ3) is 3.32. The molecule has 1 amide bonds. The van der Waals surface area contributed by atoms with Crippen molar-refractivity contribution in [3.8, 4) is 5.75 Å². The van der Waals surface area contributed by atoms with E-state index in [1.54, 1.807) is 24.1 Å². The highest BCUT2D eigenvalue weighted by atomic mass is 35.5. The van der Waals surface area contributed by atoms with Crippen molar-refractivity contribution in [2.45, 2.75) is 6.42 Å². The number of allylic oxidation sites excluding steroid dienone is 5. The fourth-order valence-electron chi connectivity index (χ4n) is 3.13. The number of carbonyl (C=O) groups is 1. The van der Waals surface area contributed by atoms with Gasteiger partial charge in [0, 0.05) is 22.3 Å². The molecule has 1 aliphatic carbocycles. The molecule has 0 spiro atoms. The quantitative estimate of drug-likeness (QED) is 0.737. The monoisotopic (exact) mass is 376 g/mol. The van der Waals surface area contributed by atoms with Crippen LogP contribution in [-0.2, 0) is 4.79 Å². The molecule has 1 heterocycles. The van der Waals surface area contributed by atoms with Gasteiger partial charge in [0.25, 0.3) is 5.91 Å². The topological polar surface area (TPSA) is 41.9 Å². The number of hydrogen-bond donors (Lipinski definition) is 0. The number of ether oxygens (including phenoxy) is 1. The molecule has 0 bridgehead atoms. The first-order valence-electron chi connectivity index (χ1n) is 8.58. The fourth-order valence-corrected chi connectivity index (χ4v) is 3.31. The van der Waals surface area contributed by atoms with Crippen molar-refractivity contribution in [3.63, 3.8) is 0 Å². The molecule has 0 fully saturated rings. The smallest absolute Gasteiger partial charge is 0.282 e. The van der Waals surface area contributed by atoms with Gasteiger partial charge in [-0.2, -0.15) is 0 Å². The van der Waals surface area contributed by atoms with Crippen LogP contribution >= 0.6 is 11.6 Å². The van der Waals surface area contributed by atoms with Crippen LogP contribution in [-0.4, -0.2) is 18.7 Å². The van der Waals surface area contributed by atoms with E-state index in [0.29, 0.717) is 22.2 Å². The highest BCUT2D eigenvalue weighted by Gasteiger charge is 2.36. The summed E-state index contributed by atoms with van der Waals surface area (Å²) in [5, 5.41) is 0.578. The average molecular weight is 377 g/mol. The van der Waals surface area contributed by atoms with E-state index in [-0.39, 0.29) is 5.91 Å². The summed E-state index contributed by atoms with van der Waals surface area (Å²) < 4.78 is 5.36. The van der Waals surface area contributed by atoms with Crippen LogP contribution in [0.5, 0.6) is 5.75 Å². The summed E-state index contributed by atoms with van der Waals surface area (Å²) in [5.41, 5.74) is 3.38. The van der Waals surface area contributed by atoms with E-state index >= 15 is 0 Å². The molecule has 0 N–H and O–H groups in total. The van der Waals surface area contributed by atoms with Gasteiger partial charge in [-0.3, -0.25) is 9.69 Å². The lowest BCUT2D eigenvalue weighted by molar-refractivity contribution is -0.111. The Labute approximate surface area is 162 Å². The summed E-state index contributed by atoms with van der Waals surface area (Å²) in [6.45, 7) is 0. The first-order valence-corrected chi connectivity index (χ1v) is 8.95. The lowest BCUT2D eigenvalue weighted by Gasteiger charge is -2.18. The first kappa shape index (κ1) is 17.3. The number of halogens is 1. The largest absolute Gasteiger partial charge is 0.497 e. The predicted molar refractivity (Wildman–Crippen MR) is 109 cm³/mol. The lowest BCUT2D eigenvalue weighted by Crippen LogP contribution is -2.28. The van der Waals surface area contributed by atoms with Crippen LogP contribution in [0.4, 0.5) is 11.4 Å². The molecule has 2 aliphatic rings. The van der Waals surface area contributed by atoms with Crippen LogP contribution in [0.3, 0.4) is 0 Å². The Bertz CT molecular complexity index is 1030. The molecule has 0 unspecified atom stereocenters. The van der Waals surface area contributed by atoms with Gasteiger partial charge in [-0.15, -0.1) is 0 Å². The van der Waals surface area contributed by atoms with Crippen LogP contribution in [0, 0.1) is 0 Å². The molecule has 0 saturated carbocycles.